The number of nitrogens with zero attached hydrogens (tertiary/aromatic N) is 31. The molecule has 0 spiro atoms. The number of hydrogen-bond donors (Lipinski definition) is 10. The van der Waals surface area contributed by atoms with E-state index in [0.717, 1.165) is 99.1 Å². The number of rotatable bonds is 12. The van der Waals surface area contributed by atoms with Gasteiger partial charge in [-0.2, -0.15) is 35.7 Å². The summed E-state index contributed by atoms with van der Waals surface area (Å²) in [6, 6.07) is 50.6. The number of nitrogens with two attached hydrogens (primary N) is 7. The number of halogens is 3. The van der Waals surface area contributed by atoms with E-state index in [-0.39, 0.29) is 23.3 Å². The van der Waals surface area contributed by atoms with E-state index in [2.05, 4.69) is 149 Å². The highest BCUT2D eigenvalue weighted by atomic mass is 32.1. The average Bonchev–Trinajstić information content (AvgIpc) is 1.69. The number of amides is 3. The Bertz CT molecular complexity index is 8650. The van der Waals surface area contributed by atoms with Crippen LogP contribution in [-0.2, 0) is 9.47 Å². The fraction of sp³-hybridized carbons (Fsp3) is 0.0842. The molecule has 6 aromatic carbocycles. The predicted octanol–water partition coefficient (Wildman–Crippen LogP) is 11.0. The number of urea groups is 1. The Morgan fingerprint density at radius 3 is 1.14 bits per heavy atom. The van der Waals surface area contributed by atoms with Crippen molar-refractivity contribution in [3.05, 3.63) is 321 Å². The molecular weight excluding hydrogens is 1880 g/mol. The zero-order valence-corrected chi connectivity index (χ0v) is 76.6. The Morgan fingerprint density at radius 2 is 0.717 bits per heavy atom. The van der Waals surface area contributed by atoms with E-state index in [1.54, 1.807) is 124 Å². The van der Waals surface area contributed by atoms with Crippen LogP contribution in [0.3, 0.4) is 0 Å². The minimum atomic E-state index is -0.946. The fourth-order valence-electron chi connectivity index (χ4n) is 15.1. The SMILES string of the molecule is Nc1ncnc2c1cnn2-c1cc[nH]c(=O)c1.Nc1ncnc2c1cnn2-c1ccc(F)c(F)c1.Nc1ncnc2c1cnn2-c1cccc(-c2ccncc2)c1.Nc1ncnc2c1cnn2-c1cccc(N2CCOCC2)c1.Nc1ncnc2c1cnn2-c1cccc(NC(=O)N2CCOCC2)c1.Nc1ncnc2c1cnn2-c1cccc(NC(=O)c2ccc(F)cc2)c1.Nc1ncnc2c1cnn2-c1cccs1. The molecule has 2 fully saturated rings. The summed E-state index contributed by atoms with van der Waals surface area (Å²) >= 11 is 1.60. The third kappa shape index (κ3) is 20.9. The quantitative estimate of drug-likeness (QED) is 0.0543. The number of carbonyl (C=O) groups excluding carboxylic acids is 2. The van der Waals surface area contributed by atoms with Crippen LogP contribution in [0.2, 0.25) is 0 Å². The Morgan fingerprint density at radius 1 is 0.345 bits per heavy atom. The van der Waals surface area contributed by atoms with Crippen molar-refractivity contribution in [3.63, 3.8) is 0 Å². The van der Waals surface area contributed by atoms with Gasteiger partial charge in [0.15, 0.2) is 51.2 Å². The van der Waals surface area contributed by atoms with E-state index in [1.807, 2.05) is 90.3 Å². The molecule has 0 atom stereocenters. The Labute approximate surface area is 818 Å². The highest BCUT2D eigenvalue weighted by molar-refractivity contribution is 7.12. The molecule has 19 heterocycles. The first-order valence-electron chi connectivity index (χ1n) is 43.9. The van der Waals surface area contributed by atoms with E-state index in [9.17, 15) is 27.6 Å². The van der Waals surface area contributed by atoms with Crippen molar-refractivity contribution in [2.45, 2.75) is 0 Å². The van der Waals surface area contributed by atoms with Gasteiger partial charge in [-0.15, -0.1) is 11.3 Å². The van der Waals surface area contributed by atoms with Crippen molar-refractivity contribution >= 4 is 158 Å². The summed E-state index contributed by atoms with van der Waals surface area (Å²) in [4.78, 5) is 103. The van der Waals surface area contributed by atoms with Gasteiger partial charge < -0.3 is 75.0 Å². The molecule has 2 saturated heterocycles. The monoisotopic (exact) mass is 1960 g/mol. The molecule has 23 aromatic rings. The highest BCUT2D eigenvalue weighted by Crippen LogP contribution is 2.32. The van der Waals surface area contributed by atoms with Gasteiger partial charge in [0.05, 0.1) is 142 Å². The molecule has 17 N–H and O–H groups in total. The molecule has 46 nitrogen and oxygen atoms in total. The molecule has 145 heavy (non-hydrogen) atoms. The second kappa shape index (κ2) is 42.4. The van der Waals surface area contributed by atoms with E-state index >= 15 is 0 Å². The normalized spacial score (nSPS) is 12.2. The molecular formula is C95H80F3N41O5S. The van der Waals surface area contributed by atoms with Crippen LogP contribution in [-0.4, -0.2) is 218 Å². The number of thiophene rings is 1. The highest BCUT2D eigenvalue weighted by Gasteiger charge is 2.23. The smallest absolute Gasteiger partial charge is 0.322 e. The number of carbonyl (C=O) groups is 2. The second-order valence-electron chi connectivity index (χ2n) is 31.3. The van der Waals surface area contributed by atoms with Crippen molar-refractivity contribution in [1.82, 2.24) is 153 Å². The minimum Gasteiger partial charge on any atom is -0.383 e. The zero-order valence-electron chi connectivity index (χ0n) is 75.8. The largest absolute Gasteiger partial charge is 0.383 e. The number of pyridine rings is 2. The fourth-order valence-corrected chi connectivity index (χ4v) is 15.8. The van der Waals surface area contributed by atoms with Gasteiger partial charge in [-0.1, -0.05) is 30.3 Å². The topological polar surface area (TPSA) is 616 Å². The number of morpholine rings is 2. The first-order chi connectivity index (χ1) is 70.8. The number of aromatic nitrogens is 30. The Hall–Kier alpha value is -20.2. The number of ether oxygens (including phenoxy) is 2. The number of benzene rings is 6. The minimum absolute atomic E-state index is 0.141. The molecule has 0 radical (unpaired) electrons. The molecule has 50 heteroatoms. The maximum absolute atomic E-state index is 13.2. The summed E-state index contributed by atoms with van der Waals surface area (Å²) in [6.07, 6.45) is 26.2. The summed E-state index contributed by atoms with van der Waals surface area (Å²) < 4.78 is 61.2. The zero-order chi connectivity index (χ0) is 100.0. The molecule has 722 valence electrons. The first kappa shape index (κ1) is 93.8. The van der Waals surface area contributed by atoms with Gasteiger partial charge in [-0.3, -0.25) is 14.6 Å². The van der Waals surface area contributed by atoms with E-state index in [4.69, 9.17) is 49.6 Å². The van der Waals surface area contributed by atoms with Gasteiger partial charge in [0, 0.05) is 79.5 Å². The van der Waals surface area contributed by atoms with Crippen LogP contribution in [0.15, 0.2) is 292 Å². The standard InChI is InChI=1S/C18H13FN6O.C16H17N7O2.C16H12N6.C15H16N6O.C11H7F2N5.C10H8N6O.C9H7N5S/c19-12-6-4-11(5-7-12)18(26)24-13-2-1-3-14(8-13)25-17-15(9-23-25)16(20)21-10-22-17;17-14-13-9-20-23(15(13)19-10-18-14)12-3-1-2-11(8-12)21-16(24)22-4-6-25-7-5-22;17-15-14-9-21-22(16(14)20-10-19-15)13-3-1-2-12(8-13)11-4-6-18-7-5-11;16-14-13-9-19-21(15(13)18-10-17-14)12-3-1-2-11(8-12)20-4-6-22-7-5-20;12-8-2-1-6(3-9(8)13)18-11-7(4-17-18)10(14)15-5-16-11;11-9-7-4-15-16(10(7)14-5-13-9)6-1-2-12-8(17)3-6;10-8-6-4-13-14(7-2-1-3-15-7)9(6)12-5-11-8/h1-10H,(H,24,26)(H2,20,21,22);1-3,8-10H,4-7H2,(H,21,24)(H2,17,18,19);1-10H,(H2,17,19,20);1-3,8-10H,4-7H2,(H2,16,17,18);1-5H,(H2,14,15,16);1-5H,(H,12,17)(H2,11,13,14);1-5H,(H2,10,11,12). The van der Waals surface area contributed by atoms with Crippen LogP contribution in [0.1, 0.15) is 10.4 Å². The van der Waals surface area contributed by atoms with Gasteiger partial charge in [0.1, 0.15) is 95.8 Å². The van der Waals surface area contributed by atoms with E-state index in [1.165, 1.54) is 91.6 Å². The van der Waals surface area contributed by atoms with Crippen molar-refractivity contribution in [2.24, 2.45) is 0 Å². The maximum atomic E-state index is 13.2. The molecule has 0 bridgehead atoms. The molecule has 0 unspecified atom stereocenters. The van der Waals surface area contributed by atoms with E-state index < -0.39 is 17.5 Å². The van der Waals surface area contributed by atoms with Crippen molar-refractivity contribution in [1.29, 1.82) is 0 Å². The second-order valence-corrected chi connectivity index (χ2v) is 32.3. The van der Waals surface area contributed by atoms with Gasteiger partial charge in [0.25, 0.3) is 5.91 Å². The number of fused-ring (bicyclic) bond motifs is 7. The van der Waals surface area contributed by atoms with Crippen LogP contribution >= 0.6 is 11.3 Å². The summed E-state index contributed by atoms with van der Waals surface area (Å²) in [7, 11) is 0. The molecule has 25 rings (SSSR count). The van der Waals surface area contributed by atoms with Gasteiger partial charge in [-0.25, -0.2) is 121 Å². The summed E-state index contributed by atoms with van der Waals surface area (Å²) in [5.74, 6) is 0.136. The predicted molar refractivity (Wildman–Crippen MR) is 538 cm³/mol. The molecule has 2 aliphatic rings. The Balaban J connectivity index is 0.000000108. The van der Waals surface area contributed by atoms with Crippen LogP contribution in [0.4, 0.5) is 75.8 Å². The van der Waals surface area contributed by atoms with Crippen LogP contribution in [0, 0.1) is 17.5 Å². The van der Waals surface area contributed by atoms with E-state index in [0.29, 0.717) is 151 Å². The number of H-pyrrole nitrogens is 1. The summed E-state index contributed by atoms with van der Waals surface area (Å²) in [5.41, 5.74) is 53.9. The number of anilines is 10. The number of aromatic amines is 1. The summed E-state index contributed by atoms with van der Waals surface area (Å²) in [5, 5.41) is 43.4. The van der Waals surface area contributed by atoms with Crippen LogP contribution in [0.25, 0.3) is 127 Å². The summed E-state index contributed by atoms with van der Waals surface area (Å²) in [6.45, 7) is 5.63. The van der Waals surface area contributed by atoms with Crippen LogP contribution < -0.4 is 61.2 Å². The molecule has 0 saturated carbocycles. The van der Waals surface area contributed by atoms with Crippen molar-refractivity contribution in [2.75, 3.05) is 108 Å². The third-order valence-corrected chi connectivity index (χ3v) is 23.1. The third-order valence-electron chi connectivity index (χ3n) is 22.3. The molecule has 17 aromatic heterocycles. The Kier molecular flexibility index (Phi) is 27.5. The van der Waals surface area contributed by atoms with Crippen LogP contribution in [0.5, 0.6) is 0 Å². The van der Waals surface area contributed by atoms with Crippen molar-refractivity contribution in [3.8, 4) is 50.3 Å². The average molecular weight is 1970 g/mol. The lowest BCUT2D eigenvalue weighted by Crippen LogP contribution is -2.43. The molecule has 3 amide bonds. The molecule has 0 aliphatic carbocycles. The maximum Gasteiger partial charge on any atom is 0.322 e. The lowest BCUT2D eigenvalue weighted by Gasteiger charge is -2.29. The lowest BCUT2D eigenvalue weighted by atomic mass is 10.1. The van der Waals surface area contributed by atoms with Gasteiger partial charge in [0.2, 0.25) is 5.56 Å². The van der Waals surface area contributed by atoms with Crippen molar-refractivity contribution < 1.29 is 32.2 Å². The number of nitrogen functional groups attached to an aromatic ring is 7. The molecule has 2 aliphatic heterocycles. The number of hydrogen-bond acceptors (Lipinski definition) is 36. The van der Waals surface area contributed by atoms with Gasteiger partial charge >= 0.3 is 6.03 Å². The lowest BCUT2D eigenvalue weighted by molar-refractivity contribution is 0.0564. The van der Waals surface area contributed by atoms with Gasteiger partial charge in [-0.05, 0) is 150 Å². The number of nitrogens with one attached hydrogen (secondary N) is 3. The first-order valence-corrected chi connectivity index (χ1v) is 44.8.